The molecule has 0 aliphatic carbocycles. The Bertz CT molecular complexity index is 74.2. The molecule has 80 valence electrons. The van der Waals surface area contributed by atoms with Gasteiger partial charge in [-0.1, -0.05) is 38.5 Å². The molecule has 0 saturated carbocycles. The van der Waals surface area contributed by atoms with Crippen molar-refractivity contribution in [3.05, 3.63) is 0 Å². The number of unbranched alkanes of at least 4 members (excludes halogenated alkanes) is 7. The average molecular weight is 186 g/mol. The monoisotopic (exact) mass is 186 g/mol. The molecule has 2 nitrogen and oxygen atoms in total. The predicted octanol–water partition coefficient (Wildman–Crippen LogP) is 2.29. The van der Waals surface area contributed by atoms with E-state index in [1.165, 1.54) is 57.9 Å². The fourth-order valence-corrected chi connectivity index (χ4v) is 1.51. The first kappa shape index (κ1) is 12.9. The summed E-state index contributed by atoms with van der Waals surface area (Å²) in [6.45, 7) is 2.04. The summed E-state index contributed by atoms with van der Waals surface area (Å²) in [5.41, 5.74) is 5.42. The van der Waals surface area contributed by atoms with Crippen LogP contribution < -0.4 is 11.1 Å². The van der Waals surface area contributed by atoms with Crippen molar-refractivity contribution < 1.29 is 0 Å². The highest BCUT2D eigenvalue weighted by molar-refractivity contribution is 4.48. The number of hydrogen-bond donors (Lipinski definition) is 2. The van der Waals surface area contributed by atoms with Crippen LogP contribution in [0.15, 0.2) is 0 Å². The van der Waals surface area contributed by atoms with Gasteiger partial charge in [0.25, 0.3) is 0 Å². The Balaban J connectivity index is 2.76. The maximum atomic E-state index is 5.42. The van der Waals surface area contributed by atoms with E-state index in [2.05, 4.69) is 5.32 Å². The Labute approximate surface area is 83.3 Å². The van der Waals surface area contributed by atoms with Crippen LogP contribution in [-0.4, -0.2) is 20.1 Å². The standard InChI is InChI=1S/C11H26N2/c1-13-11-9-7-5-3-2-4-6-8-10-12/h13H,2-12H2,1H3. The molecule has 0 saturated heterocycles. The van der Waals surface area contributed by atoms with Gasteiger partial charge in [0.1, 0.15) is 0 Å². The van der Waals surface area contributed by atoms with Crippen LogP contribution in [0.5, 0.6) is 0 Å². The van der Waals surface area contributed by atoms with Crippen LogP contribution >= 0.6 is 0 Å². The lowest BCUT2D eigenvalue weighted by atomic mass is 10.1. The number of nitrogens with one attached hydrogen (secondary N) is 1. The summed E-state index contributed by atoms with van der Waals surface area (Å²) in [6.07, 6.45) is 10.9. The largest absolute Gasteiger partial charge is 0.330 e. The molecule has 0 amide bonds. The van der Waals surface area contributed by atoms with E-state index >= 15 is 0 Å². The van der Waals surface area contributed by atoms with Gasteiger partial charge < -0.3 is 11.1 Å². The zero-order valence-corrected chi connectivity index (χ0v) is 9.15. The third kappa shape index (κ3) is 11.9. The van der Waals surface area contributed by atoms with Gasteiger partial charge in [0.15, 0.2) is 0 Å². The summed E-state index contributed by atoms with van der Waals surface area (Å²) >= 11 is 0. The van der Waals surface area contributed by atoms with E-state index in [-0.39, 0.29) is 0 Å². The highest BCUT2D eigenvalue weighted by atomic mass is 14.8. The summed E-state index contributed by atoms with van der Waals surface area (Å²) < 4.78 is 0. The van der Waals surface area contributed by atoms with Gasteiger partial charge in [0, 0.05) is 0 Å². The van der Waals surface area contributed by atoms with Gasteiger partial charge in [-0.25, -0.2) is 0 Å². The topological polar surface area (TPSA) is 38.0 Å². The van der Waals surface area contributed by atoms with Gasteiger partial charge in [0.2, 0.25) is 0 Å². The van der Waals surface area contributed by atoms with E-state index in [0.717, 1.165) is 6.54 Å². The summed E-state index contributed by atoms with van der Waals surface area (Å²) in [7, 11) is 2.02. The van der Waals surface area contributed by atoms with Gasteiger partial charge >= 0.3 is 0 Å². The minimum atomic E-state index is 0.863. The second-order valence-corrected chi connectivity index (χ2v) is 3.72. The molecule has 2 heteroatoms. The maximum Gasteiger partial charge on any atom is -0.00519 e. The van der Waals surface area contributed by atoms with Crippen LogP contribution in [0.4, 0.5) is 0 Å². The van der Waals surface area contributed by atoms with Crippen LogP contribution in [-0.2, 0) is 0 Å². The molecule has 0 bridgehead atoms. The van der Waals surface area contributed by atoms with Crippen molar-refractivity contribution >= 4 is 0 Å². The predicted molar refractivity (Wildman–Crippen MR) is 59.9 cm³/mol. The molecule has 0 aromatic rings. The second-order valence-electron chi connectivity index (χ2n) is 3.72. The Morgan fingerprint density at radius 1 is 0.769 bits per heavy atom. The lowest BCUT2D eigenvalue weighted by Crippen LogP contribution is -2.06. The minimum Gasteiger partial charge on any atom is -0.330 e. The maximum absolute atomic E-state index is 5.42. The minimum absolute atomic E-state index is 0.863. The number of rotatable bonds is 10. The van der Waals surface area contributed by atoms with Crippen molar-refractivity contribution in [2.45, 2.75) is 51.4 Å². The summed E-state index contributed by atoms with van der Waals surface area (Å²) in [6, 6.07) is 0. The lowest BCUT2D eigenvalue weighted by molar-refractivity contribution is 0.563. The molecule has 0 aromatic carbocycles. The molecule has 0 fully saturated rings. The second kappa shape index (κ2) is 11.9. The Hall–Kier alpha value is -0.0800. The van der Waals surface area contributed by atoms with Crippen molar-refractivity contribution in [3.63, 3.8) is 0 Å². The average Bonchev–Trinajstić information content (AvgIpc) is 2.16. The molecule has 0 aliphatic heterocycles. The molecule has 0 radical (unpaired) electrons. The van der Waals surface area contributed by atoms with Gasteiger partial charge in [-0.15, -0.1) is 0 Å². The number of nitrogens with two attached hydrogens (primary N) is 1. The van der Waals surface area contributed by atoms with E-state index in [4.69, 9.17) is 5.73 Å². The van der Waals surface area contributed by atoms with E-state index < -0.39 is 0 Å². The molecule has 0 spiro atoms. The van der Waals surface area contributed by atoms with Crippen LogP contribution in [0.1, 0.15) is 51.4 Å². The zero-order chi connectivity index (χ0) is 9.78. The van der Waals surface area contributed by atoms with Crippen LogP contribution in [0.25, 0.3) is 0 Å². The van der Waals surface area contributed by atoms with Gasteiger partial charge in [-0.2, -0.15) is 0 Å². The molecular formula is C11H26N2. The molecule has 0 rings (SSSR count). The van der Waals surface area contributed by atoms with Gasteiger partial charge in [-0.3, -0.25) is 0 Å². The van der Waals surface area contributed by atoms with Crippen molar-refractivity contribution in [2.75, 3.05) is 20.1 Å². The van der Waals surface area contributed by atoms with Crippen LogP contribution in [0.2, 0.25) is 0 Å². The quantitative estimate of drug-likeness (QED) is 0.514. The summed E-state index contributed by atoms with van der Waals surface area (Å²) in [5, 5.41) is 3.17. The van der Waals surface area contributed by atoms with E-state index in [1.54, 1.807) is 0 Å². The smallest absolute Gasteiger partial charge is 0.00519 e. The highest BCUT2D eigenvalue weighted by Gasteiger charge is 1.90. The first-order valence-electron chi connectivity index (χ1n) is 5.76. The molecular weight excluding hydrogens is 160 g/mol. The fourth-order valence-electron chi connectivity index (χ4n) is 1.51. The van der Waals surface area contributed by atoms with Crippen molar-refractivity contribution in [1.29, 1.82) is 0 Å². The molecule has 0 aliphatic rings. The summed E-state index contributed by atoms with van der Waals surface area (Å²) in [5.74, 6) is 0. The fraction of sp³-hybridized carbons (Fsp3) is 1.00. The lowest BCUT2D eigenvalue weighted by Gasteiger charge is -2.01. The van der Waals surface area contributed by atoms with Crippen molar-refractivity contribution in [3.8, 4) is 0 Å². The molecule has 0 unspecified atom stereocenters. The van der Waals surface area contributed by atoms with Gasteiger partial charge in [-0.05, 0) is 33.0 Å². The Morgan fingerprint density at radius 2 is 1.23 bits per heavy atom. The van der Waals surface area contributed by atoms with E-state index in [1.807, 2.05) is 7.05 Å². The zero-order valence-electron chi connectivity index (χ0n) is 9.15. The first-order valence-corrected chi connectivity index (χ1v) is 5.76. The molecule has 0 atom stereocenters. The molecule has 0 heterocycles. The third-order valence-corrected chi connectivity index (χ3v) is 2.38. The highest BCUT2D eigenvalue weighted by Crippen LogP contribution is 2.07. The van der Waals surface area contributed by atoms with Gasteiger partial charge in [0.05, 0.1) is 0 Å². The first-order chi connectivity index (χ1) is 6.41. The summed E-state index contributed by atoms with van der Waals surface area (Å²) in [4.78, 5) is 0. The van der Waals surface area contributed by atoms with Crippen LogP contribution in [0, 0.1) is 0 Å². The molecule has 3 N–H and O–H groups in total. The normalized spacial score (nSPS) is 10.6. The Morgan fingerprint density at radius 3 is 1.69 bits per heavy atom. The van der Waals surface area contributed by atoms with E-state index in [9.17, 15) is 0 Å². The van der Waals surface area contributed by atoms with Crippen LogP contribution in [0.3, 0.4) is 0 Å². The third-order valence-electron chi connectivity index (χ3n) is 2.38. The van der Waals surface area contributed by atoms with Crippen molar-refractivity contribution in [2.24, 2.45) is 5.73 Å². The molecule has 0 aromatic heterocycles. The van der Waals surface area contributed by atoms with Crippen molar-refractivity contribution in [1.82, 2.24) is 5.32 Å². The van der Waals surface area contributed by atoms with E-state index in [0.29, 0.717) is 0 Å². The Kier molecular flexibility index (Phi) is 11.8. The SMILES string of the molecule is CNCCCCCCCCCCN. The molecule has 13 heavy (non-hydrogen) atoms. The number of hydrogen-bond acceptors (Lipinski definition) is 2.